The summed E-state index contributed by atoms with van der Waals surface area (Å²) in [5.74, 6) is 1.37. The van der Waals surface area contributed by atoms with E-state index in [0.29, 0.717) is 12.5 Å². The van der Waals surface area contributed by atoms with Crippen LogP contribution in [0.15, 0.2) is 18.3 Å². The van der Waals surface area contributed by atoms with E-state index in [0.717, 1.165) is 36.9 Å². The Labute approximate surface area is 158 Å². The molecule has 3 rings (SSSR count). The Morgan fingerprint density at radius 2 is 2.08 bits per heavy atom. The molecule has 0 radical (unpaired) electrons. The predicted octanol–water partition coefficient (Wildman–Crippen LogP) is 3.65. The van der Waals surface area contributed by atoms with E-state index in [4.69, 9.17) is 0 Å². The third-order valence-corrected chi connectivity index (χ3v) is 5.79. The second-order valence-corrected chi connectivity index (χ2v) is 8.99. The normalized spacial score (nSPS) is 20.4. The number of hydrogen-bond acceptors (Lipinski definition) is 3. The van der Waals surface area contributed by atoms with Gasteiger partial charge in [0.05, 0.1) is 11.4 Å². The van der Waals surface area contributed by atoms with Crippen LogP contribution in [-0.2, 0) is 5.41 Å². The van der Waals surface area contributed by atoms with Gasteiger partial charge in [0.25, 0.3) is 0 Å². The first-order valence-electron chi connectivity index (χ1n) is 10.1. The Morgan fingerprint density at radius 1 is 1.35 bits per heavy atom. The van der Waals surface area contributed by atoms with Crippen LogP contribution in [0.2, 0.25) is 0 Å². The molecule has 2 amide bonds. The van der Waals surface area contributed by atoms with E-state index in [1.54, 1.807) is 0 Å². The topological polar surface area (TPSA) is 48.5 Å². The van der Waals surface area contributed by atoms with E-state index in [9.17, 15) is 4.79 Å². The number of piperidine rings is 1. The molecule has 0 saturated carbocycles. The van der Waals surface area contributed by atoms with Gasteiger partial charge in [0.15, 0.2) is 0 Å². The van der Waals surface area contributed by atoms with Gasteiger partial charge in [-0.1, -0.05) is 27.7 Å². The Kier molecular flexibility index (Phi) is 5.86. The molecule has 0 unspecified atom stereocenters. The van der Waals surface area contributed by atoms with Crippen molar-refractivity contribution in [2.45, 2.75) is 52.4 Å². The van der Waals surface area contributed by atoms with Crippen molar-refractivity contribution in [2.24, 2.45) is 11.8 Å². The molecule has 0 spiro atoms. The highest BCUT2D eigenvalue weighted by atomic mass is 16.2. The second kappa shape index (κ2) is 7.95. The Hall–Kier alpha value is -1.62. The van der Waals surface area contributed by atoms with Gasteiger partial charge in [-0.15, -0.1) is 0 Å². The van der Waals surface area contributed by atoms with Crippen molar-refractivity contribution in [1.82, 2.24) is 15.2 Å². The lowest BCUT2D eigenvalue weighted by atomic mass is 9.91. The maximum atomic E-state index is 12.8. The summed E-state index contributed by atoms with van der Waals surface area (Å²) in [6.45, 7) is 13.9. The van der Waals surface area contributed by atoms with Gasteiger partial charge in [-0.3, -0.25) is 9.88 Å². The Bertz CT molecular complexity index is 620. The van der Waals surface area contributed by atoms with Crippen molar-refractivity contribution in [1.29, 1.82) is 0 Å². The number of aromatic nitrogens is 1. The molecular formula is C21H34N4O. The SMILES string of the molecule is CC(C)CCN1CCC(CNC(=O)N2CC(C)(C)c3ncccc32)CC1. The number of carbonyl (C=O) groups is 1. The quantitative estimate of drug-likeness (QED) is 0.874. The minimum Gasteiger partial charge on any atom is -0.337 e. The van der Waals surface area contributed by atoms with Crippen LogP contribution < -0.4 is 10.2 Å². The fourth-order valence-electron chi connectivity index (χ4n) is 4.05. The van der Waals surface area contributed by atoms with Crippen LogP contribution in [0.5, 0.6) is 0 Å². The maximum absolute atomic E-state index is 12.8. The number of anilines is 1. The van der Waals surface area contributed by atoms with Gasteiger partial charge >= 0.3 is 6.03 Å². The number of pyridine rings is 1. The van der Waals surface area contributed by atoms with Gasteiger partial charge in [0.2, 0.25) is 0 Å². The van der Waals surface area contributed by atoms with Crippen molar-refractivity contribution >= 4 is 11.7 Å². The Balaban J connectivity index is 1.47. The average molecular weight is 359 g/mol. The molecule has 5 nitrogen and oxygen atoms in total. The molecular weight excluding hydrogens is 324 g/mol. The molecule has 0 bridgehead atoms. The molecule has 0 atom stereocenters. The maximum Gasteiger partial charge on any atom is 0.321 e. The molecule has 2 aliphatic heterocycles. The lowest BCUT2D eigenvalue weighted by Gasteiger charge is -2.32. The number of carbonyl (C=O) groups excluding carboxylic acids is 1. The largest absolute Gasteiger partial charge is 0.337 e. The lowest BCUT2D eigenvalue weighted by molar-refractivity contribution is 0.174. The summed E-state index contributed by atoms with van der Waals surface area (Å²) in [5, 5.41) is 3.18. The molecule has 0 aromatic carbocycles. The van der Waals surface area contributed by atoms with Crippen molar-refractivity contribution in [3.8, 4) is 0 Å². The Morgan fingerprint density at radius 3 is 2.77 bits per heavy atom. The van der Waals surface area contributed by atoms with Crippen LogP contribution in [0.3, 0.4) is 0 Å². The van der Waals surface area contributed by atoms with Gasteiger partial charge in [0.1, 0.15) is 0 Å². The first kappa shape index (κ1) is 19.2. The predicted molar refractivity (Wildman–Crippen MR) is 107 cm³/mol. The van der Waals surface area contributed by atoms with Gasteiger partial charge in [0, 0.05) is 24.7 Å². The van der Waals surface area contributed by atoms with E-state index < -0.39 is 0 Å². The third-order valence-electron chi connectivity index (χ3n) is 5.79. The van der Waals surface area contributed by atoms with E-state index in [1.165, 1.54) is 25.8 Å². The molecule has 1 aromatic heterocycles. The summed E-state index contributed by atoms with van der Waals surface area (Å²) >= 11 is 0. The number of rotatable bonds is 5. The molecule has 1 aromatic rings. The smallest absolute Gasteiger partial charge is 0.321 e. The third kappa shape index (κ3) is 4.37. The van der Waals surface area contributed by atoms with Crippen molar-refractivity contribution in [3.63, 3.8) is 0 Å². The summed E-state index contributed by atoms with van der Waals surface area (Å²) in [6, 6.07) is 3.93. The van der Waals surface area contributed by atoms with Crippen LogP contribution in [0.25, 0.3) is 0 Å². The molecule has 26 heavy (non-hydrogen) atoms. The minimum atomic E-state index is -0.0876. The van der Waals surface area contributed by atoms with Crippen LogP contribution in [0.4, 0.5) is 10.5 Å². The first-order valence-corrected chi connectivity index (χ1v) is 10.1. The van der Waals surface area contributed by atoms with Crippen LogP contribution in [0, 0.1) is 11.8 Å². The summed E-state index contributed by atoms with van der Waals surface area (Å²) in [4.78, 5) is 21.7. The zero-order valence-corrected chi connectivity index (χ0v) is 16.8. The molecule has 1 fully saturated rings. The number of amides is 2. The van der Waals surface area contributed by atoms with Crippen LogP contribution in [0.1, 0.15) is 52.7 Å². The fourth-order valence-corrected chi connectivity index (χ4v) is 4.05. The molecule has 144 valence electrons. The van der Waals surface area contributed by atoms with Crippen molar-refractivity contribution in [2.75, 3.05) is 37.6 Å². The highest BCUT2D eigenvalue weighted by molar-refractivity contribution is 5.94. The average Bonchev–Trinajstić information content (AvgIpc) is 2.90. The van der Waals surface area contributed by atoms with Gasteiger partial charge in [-0.2, -0.15) is 0 Å². The molecule has 1 N–H and O–H groups in total. The standard InChI is InChI=1S/C21H34N4O/c1-16(2)7-11-24-12-8-17(9-13-24)14-23-20(26)25-15-21(3,4)19-18(25)6-5-10-22-19/h5-6,10,16-17H,7-9,11-15H2,1-4H3,(H,23,26). The van der Waals surface area contributed by atoms with E-state index >= 15 is 0 Å². The molecule has 5 heteroatoms. The van der Waals surface area contributed by atoms with Crippen LogP contribution >= 0.6 is 0 Å². The number of nitrogens with zero attached hydrogens (tertiary/aromatic N) is 3. The summed E-state index contributed by atoms with van der Waals surface area (Å²) in [5.41, 5.74) is 1.89. The summed E-state index contributed by atoms with van der Waals surface area (Å²) in [6.07, 6.45) is 5.46. The van der Waals surface area contributed by atoms with Crippen molar-refractivity contribution < 1.29 is 4.79 Å². The molecule has 3 heterocycles. The number of likely N-dealkylation sites (tertiary alicyclic amines) is 1. The summed E-state index contributed by atoms with van der Waals surface area (Å²) in [7, 11) is 0. The first-order chi connectivity index (χ1) is 12.4. The number of fused-ring (bicyclic) bond motifs is 1. The van der Waals surface area contributed by atoms with Crippen molar-refractivity contribution in [3.05, 3.63) is 24.0 Å². The lowest BCUT2D eigenvalue weighted by Crippen LogP contribution is -2.45. The molecule has 2 aliphatic rings. The zero-order chi connectivity index (χ0) is 18.7. The highest BCUT2D eigenvalue weighted by Crippen LogP contribution is 2.38. The van der Waals surface area contributed by atoms with Gasteiger partial charge in [-0.05, 0) is 62.9 Å². The fraction of sp³-hybridized carbons (Fsp3) is 0.714. The zero-order valence-electron chi connectivity index (χ0n) is 16.8. The number of nitrogens with one attached hydrogen (secondary N) is 1. The monoisotopic (exact) mass is 358 g/mol. The molecule has 1 saturated heterocycles. The van der Waals surface area contributed by atoms with E-state index in [2.05, 4.69) is 42.9 Å². The van der Waals surface area contributed by atoms with E-state index in [-0.39, 0.29) is 11.4 Å². The minimum absolute atomic E-state index is 0.0204. The van der Waals surface area contributed by atoms with Gasteiger partial charge < -0.3 is 10.2 Å². The number of urea groups is 1. The molecule has 0 aliphatic carbocycles. The highest BCUT2D eigenvalue weighted by Gasteiger charge is 2.39. The van der Waals surface area contributed by atoms with Crippen LogP contribution in [-0.4, -0.2) is 48.6 Å². The van der Waals surface area contributed by atoms with Gasteiger partial charge in [-0.25, -0.2) is 4.79 Å². The van der Waals surface area contributed by atoms with E-state index in [1.807, 2.05) is 23.2 Å². The second-order valence-electron chi connectivity index (χ2n) is 8.99. The number of hydrogen-bond donors (Lipinski definition) is 1. The summed E-state index contributed by atoms with van der Waals surface area (Å²) < 4.78 is 0.